The first-order chi connectivity index (χ1) is 7.59. The summed E-state index contributed by atoms with van der Waals surface area (Å²) in [5.74, 6) is 3.32. The van der Waals surface area contributed by atoms with Crippen molar-refractivity contribution in [1.82, 2.24) is 4.90 Å². The average molecular weight is 245 g/mol. The minimum atomic E-state index is -0.145. The Labute approximate surface area is 105 Å². The van der Waals surface area contributed by atoms with Gasteiger partial charge >= 0.3 is 0 Å². The summed E-state index contributed by atoms with van der Waals surface area (Å²) in [6.45, 7) is 8.90. The molecule has 1 N–H and O–H groups in total. The van der Waals surface area contributed by atoms with Crippen molar-refractivity contribution >= 4 is 11.8 Å². The number of rotatable bonds is 7. The maximum absolute atomic E-state index is 9.44. The van der Waals surface area contributed by atoms with Crippen LogP contribution in [0.2, 0.25) is 0 Å². The highest BCUT2D eigenvalue weighted by molar-refractivity contribution is 7.99. The number of likely N-dealkylation sites (tertiary alicyclic amines) is 1. The van der Waals surface area contributed by atoms with E-state index < -0.39 is 0 Å². The fraction of sp³-hybridized carbons (Fsp3) is 1.00. The zero-order valence-corrected chi connectivity index (χ0v) is 11.8. The van der Waals surface area contributed by atoms with Crippen LogP contribution < -0.4 is 0 Å². The molecule has 96 valence electrons. The van der Waals surface area contributed by atoms with Gasteiger partial charge in [-0.25, -0.2) is 0 Å². The summed E-state index contributed by atoms with van der Waals surface area (Å²) in [6, 6.07) is 0.639. The van der Waals surface area contributed by atoms with Gasteiger partial charge in [0.15, 0.2) is 0 Å². The molecule has 0 bridgehead atoms. The number of hydrogen-bond acceptors (Lipinski definition) is 3. The summed E-state index contributed by atoms with van der Waals surface area (Å²) in [5.41, 5.74) is 0. The van der Waals surface area contributed by atoms with Gasteiger partial charge in [-0.1, -0.05) is 13.8 Å². The molecule has 2 atom stereocenters. The van der Waals surface area contributed by atoms with Crippen molar-refractivity contribution < 1.29 is 5.11 Å². The van der Waals surface area contributed by atoms with Crippen molar-refractivity contribution in [3.8, 4) is 0 Å². The topological polar surface area (TPSA) is 23.5 Å². The SMILES string of the molecule is CC(C)CSCCN1CCCC1CC(C)O. The first kappa shape index (κ1) is 14.3. The van der Waals surface area contributed by atoms with Crippen LogP contribution >= 0.6 is 11.8 Å². The number of aliphatic hydroxyl groups is 1. The third-order valence-corrected chi connectivity index (χ3v) is 4.46. The number of aliphatic hydroxyl groups excluding tert-OH is 1. The Balaban J connectivity index is 2.14. The van der Waals surface area contributed by atoms with Crippen LogP contribution in [0.4, 0.5) is 0 Å². The van der Waals surface area contributed by atoms with Crippen LogP contribution in [0.1, 0.15) is 40.0 Å². The van der Waals surface area contributed by atoms with Gasteiger partial charge in [0.2, 0.25) is 0 Å². The molecule has 1 aliphatic rings. The summed E-state index contributed by atoms with van der Waals surface area (Å²) in [7, 11) is 0. The number of hydrogen-bond donors (Lipinski definition) is 1. The first-order valence-electron chi connectivity index (χ1n) is 6.59. The Bertz CT molecular complexity index is 185. The van der Waals surface area contributed by atoms with Crippen LogP contribution in [0.3, 0.4) is 0 Å². The molecule has 1 heterocycles. The van der Waals surface area contributed by atoms with E-state index in [4.69, 9.17) is 0 Å². The second-order valence-electron chi connectivity index (χ2n) is 5.39. The Morgan fingerprint density at radius 1 is 1.38 bits per heavy atom. The minimum absolute atomic E-state index is 0.145. The normalized spacial score (nSPS) is 24.2. The molecule has 0 spiro atoms. The molecule has 1 rings (SSSR count). The zero-order valence-electron chi connectivity index (χ0n) is 11.0. The Hall–Kier alpha value is 0.270. The van der Waals surface area contributed by atoms with Gasteiger partial charge in [-0.15, -0.1) is 0 Å². The van der Waals surface area contributed by atoms with Crippen molar-refractivity contribution in [3.63, 3.8) is 0 Å². The molecule has 1 aliphatic heterocycles. The van der Waals surface area contributed by atoms with E-state index >= 15 is 0 Å². The van der Waals surface area contributed by atoms with Gasteiger partial charge in [-0.2, -0.15) is 11.8 Å². The molecule has 0 aromatic rings. The van der Waals surface area contributed by atoms with E-state index in [0.29, 0.717) is 6.04 Å². The summed E-state index contributed by atoms with van der Waals surface area (Å²) in [5, 5.41) is 9.44. The highest BCUT2D eigenvalue weighted by Gasteiger charge is 2.24. The Morgan fingerprint density at radius 3 is 2.75 bits per heavy atom. The van der Waals surface area contributed by atoms with Crippen LogP contribution in [0.15, 0.2) is 0 Å². The van der Waals surface area contributed by atoms with Gasteiger partial charge in [0.1, 0.15) is 0 Å². The highest BCUT2D eigenvalue weighted by atomic mass is 32.2. The maximum Gasteiger partial charge on any atom is 0.0527 e. The molecule has 1 saturated heterocycles. The van der Waals surface area contributed by atoms with E-state index in [1.807, 2.05) is 6.92 Å². The average Bonchev–Trinajstić information content (AvgIpc) is 2.59. The van der Waals surface area contributed by atoms with E-state index in [-0.39, 0.29) is 6.10 Å². The highest BCUT2D eigenvalue weighted by Crippen LogP contribution is 2.21. The van der Waals surface area contributed by atoms with Crippen molar-refractivity contribution in [2.45, 2.75) is 52.2 Å². The summed E-state index contributed by atoms with van der Waals surface area (Å²) < 4.78 is 0. The quantitative estimate of drug-likeness (QED) is 0.698. The molecule has 0 amide bonds. The predicted octanol–water partition coefficient (Wildman–Crippen LogP) is 2.61. The van der Waals surface area contributed by atoms with E-state index in [1.54, 1.807) is 0 Å². The monoisotopic (exact) mass is 245 g/mol. The van der Waals surface area contributed by atoms with E-state index in [2.05, 4.69) is 30.5 Å². The number of thioether (sulfide) groups is 1. The van der Waals surface area contributed by atoms with Gasteiger partial charge in [0.25, 0.3) is 0 Å². The van der Waals surface area contributed by atoms with Gasteiger partial charge in [0, 0.05) is 18.3 Å². The smallest absolute Gasteiger partial charge is 0.0527 e. The largest absolute Gasteiger partial charge is 0.393 e. The standard InChI is InChI=1S/C13H27NOS/c1-11(2)10-16-8-7-14-6-4-5-13(14)9-12(3)15/h11-13,15H,4-10H2,1-3H3. The lowest BCUT2D eigenvalue weighted by molar-refractivity contribution is 0.137. The molecule has 1 fully saturated rings. The third-order valence-electron chi connectivity index (χ3n) is 3.09. The maximum atomic E-state index is 9.44. The first-order valence-corrected chi connectivity index (χ1v) is 7.75. The Morgan fingerprint density at radius 2 is 2.12 bits per heavy atom. The predicted molar refractivity (Wildman–Crippen MR) is 73.1 cm³/mol. The summed E-state index contributed by atoms with van der Waals surface area (Å²) in [4.78, 5) is 2.57. The summed E-state index contributed by atoms with van der Waals surface area (Å²) in [6.07, 6.45) is 3.40. The lowest BCUT2D eigenvalue weighted by Gasteiger charge is -2.25. The molecule has 0 radical (unpaired) electrons. The molecule has 0 aromatic heterocycles. The molecule has 0 aliphatic carbocycles. The molecule has 3 heteroatoms. The third kappa shape index (κ3) is 5.55. The van der Waals surface area contributed by atoms with Gasteiger partial charge < -0.3 is 5.11 Å². The lowest BCUT2D eigenvalue weighted by Crippen LogP contribution is -2.33. The van der Waals surface area contributed by atoms with Crippen molar-refractivity contribution in [3.05, 3.63) is 0 Å². The van der Waals surface area contributed by atoms with Gasteiger partial charge in [-0.05, 0) is 44.4 Å². The molecular formula is C13H27NOS. The molecule has 16 heavy (non-hydrogen) atoms. The van der Waals surface area contributed by atoms with Gasteiger partial charge in [0.05, 0.1) is 6.10 Å². The van der Waals surface area contributed by atoms with E-state index in [0.717, 1.165) is 12.3 Å². The summed E-state index contributed by atoms with van der Waals surface area (Å²) >= 11 is 2.06. The zero-order chi connectivity index (χ0) is 12.0. The molecule has 0 saturated carbocycles. The van der Waals surface area contributed by atoms with Crippen LogP contribution in [-0.4, -0.2) is 46.7 Å². The van der Waals surface area contributed by atoms with Crippen molar-refractivity contribution in [2.75, 3.05) is 24.6 Å². The molecular weight excluding hydrogens is 218 g/mol. The van der Waals surface area contributed by atoms with E-state index in [9.17, 15) is 5.11 Å². The molecule has 2 unspecified atom stereocenters. The van der Waals surface area contributed by atoms with E-state index in [1.165, 1.54) is 37.4 Å². The van der Waals surface area contributed by atoms with Crippen molar-refractivity contribution in [1.29, 1.82) is 0 Å². The fourth-order valence-corrected chi connectivity index (χ4v) is 3.35. The van der Waals surface area contributed by atoms with Crippen LogP contribution in [-0.2, 0) is 0 Å². The minimum Gasteiger partial charge on any atom is -0.393 e. The molecule has 0 aromatic carbocycles. The van der Waals surface area contributed by atoms with Gasteiger partial charge in [-0.3, -0.25) is 4.90 Å². The molecule has 2 nitrogen and oxygen atoms in total. The Kier molecular flexibility index (Phi) is 6.78. The lowest BCUT2D eigenvalue weighted by atomic mass is 10.1. The van der Waals surface area contributed by atoms with Crippen molar-refractivity contribution in [2.24, 2.45) is 5.92 Å². The fourth-order valence-electron chi connectivity index (χ4n) is 2.35. The van der Waals surface area contributed by atoms with Crippen LogP contribution in [0.25, 0.3) is 0 Å². The number of nitrogens with zero attached hydrogens (tertiary/aromatic N) is 1. The van der Waals surface area contributed by atoms with Crippen LogP contribution in [0.5, 0.6) is 0 Å². The second-order valence-corrected chi connectivity index (χ2v) is 6.54. The van der Waals surface area contributed by atoms with Crippen LogP contribution in [0, 0.1) is 5.92 Å². The second kappa shape index (κ2) is 7.57.